The molecule has 1 fully saturated rings. The molecule has 0 spiro atoms. The second-order valence-corrected chi connectivity index (χ2v) is 5.68. The van der Waals surface area contributed by atoms with E-state index in [9.17, 15) is 0 Å². The Balaban J connectivity index is 2.06. The average molecular weight is 314 g/mol. The Morgan fingerprint density at radius 2 is 2.28 bits per heavy atom. The lowest BCUT2D eigenvalue weighted by Crippen LogP contribution is -2.24. The number of aromatic nitrogens is 2. The molecule has 0 amide bonds. The van der Waals surface area contributed by atoms with Crippen molar-refractivity contribution in [3.8, 4) is 5.88 Å². The van der Waals surface area contributed by atoms with Crippen molar-refractivity contribution in [1.82, 2.24) is 9.97 Å². The molecule has 1 aromatic heterocycles. The highest BCUT2D eigenvalue weighted by atomic mass is 79.9. The Labute approximate surface area is 117 Å². The van der Waals surface area contributed by atoms with Crippen LogP contribution in [-0.2, 0) is 0 Å². The van der Waals surface area contributed by atoms with Crippen LogP contribution in [0.5, 0.6) is 5.88 Å². The predicted octanol–water partition coefficient (Wildman–Crippen LogP) is 3.63. The fraction of sp³-hybridized carbons (Fsp3) is 0.692. The molecule has 1 aliphatic carbocycles. The molecule has 0 radical (unpaired) electrons. The van der Waals surface area contributed by atoms with E-state index in [-0.39, 0.29) is 6.10 Å². The lowest BCUT2D eigenvalue weighted by molar-refractivity contribution is 0.123. The zero-order valence-electron chi connectivity index (χ0n) is 10.9. The molecule has 1 aromatic rings. The van der Waals surface area contributed by atoms with Gasteiger partial charge in [0, 0.05) is 6.54 Å². The lowest BCUT2D eigenvalue weighted by Gasteiger charge is -2.27. The highest BCUT2D eigenvalue weighted by Crippen LogP contribution is 2.32. The summed E-state index contributed by atoms with van der Waals surface area (Å²) in [4.78, 5) is 8.41. The van der Waals surface area contributed by atoms with Gasteiger partial charge in [0.1, 0.15) is 22.7 Å². The zero-order chi connectivity index (χ0) is 13.0. The maximum atomic E-state index is 6.01. The van der Waals surface area contributed by atoms with Gasteiger partial charge in [0.2, 0.25) is 5.88 Å². The van der Waals surface area contributed by atoms with E-state index in [0.29, 0.717) is 5.88 Å². The summed E-state index contributed by atoms with van der Waals surface area (Å²) in [5.74, 6) is 2.20. The minimum atomic E-state index is 0.287. The predicted molar refractivity (Wildman–Crippen MR) is 75.9 cm³/mol. The van der Waals surface area contributed by atoms with Gasteiger partial charge < -0.3 is 10.1 Å². The summed E-state index contributed by atoms with van der Waals surface area (Å²) in [6.07, 6.45) is 6.63. The van der Waals surface area contributed by atoms with Crippen LogP contribution in [0.25, 0.3) is 0 Å². The fourth-order valence-electron chi connectivity index (χ4n) is 2.37. The van der Waals surface area contributed by atoms with Crippen molar-refractivity contribution in [2.75, 3.05) is 11.9 Å². The molecule has 1 aliphatic rings. The van der Waals surface area contributed by atoms with Gasteiger partial charge in [0.25, 0.3) is 0 Å². The van der Waals surface area contributed by atoms with Gasteiger partial charge in [-0.3, -0.25) is 0 Å². The molecular weight excluding hydrogens is 294 g/mol. The van der Waals surface area contributed by atoms with Gasteiger partial charge in [0.05, 0.1) is 0 Å². The van der Waals surface area contributed by atoms with Crippen LogP contribution in [0.4, 0.5) is 5.82 Å². The monoisotopic (exact) mass is 313 g/mol. The van der Waals surface area contributed by atoms with Crippen LogP contribution in [0.3, 0.4) is 0 Å². The van der Waals surface area contributed by atoms with E-state index in [4.69, 9.17) is 4.74 Å². The van der Waals surface area contributed by atoms with E-state index in [1.165, 1.54) is 12.8 Å². The molecule has 2 rings (SSSR count). The van der Waals surface area contributed by atoms with E-state index >= 15 is 0 Å². The van der Waals surface area contributed by atoms with Gasteiger partial charge in [-0.1, -0.05) is 13.3 Å². The molecule has 0 aromatic carbocycles. The number of rotatable bonds is 4. The van der Waals surface area contributed by atoms with Crippen molar-refractivity contribution < 1.29 is 4.74 Å². The van der Waals surface area contributed by atoms with Crippen LogP contribution in [0, 0.1) is 5.92 Å². The molecule has 2 atom stereocenters. The molecule has 0 bridgehead atoms. The summed E-state index contributed by atoms with van der Waals surface area (Å²) in [7, 11) is 0. The van der Waals surface area contributed by atoms with Crippen molar-refractivity contribution in [2.24, 2.45) is 5.92 Å². The Morgan fingerprint density at radius 1 is 1.44 bits per heavy atom. The number of ether oxygens (including phenoxy) is 1. The number of nitrogens with one attached hydrogen (secondary N) is 1. The van der Waals surface area contributed by atoms with E-state index in [1.54, 1.807) is 6.33 Å². The summed E-state index contributed by atoms with van der Waals surface area (Å²) in [5.41, 5.74) is 0. The first kappa shape index (κ1) is 13.6. The van der Waals surface area contributed by atoms with Crippen molar-refractivity contribution in [1.29, 1.82) is 0 Å². The maximum absolute atomic E-state index is 6.01. The molecule has 1 N–H and O–H groups in total. The molecule has 4 nitrogen and oxygen atoms in total. The molecule has 0 saturated heterocycles. The first-order chi connectivity index (χ1) is 8.70. The lowest BCUT2D eigenvalue weighted by atomic mass is 9.89. The van der Waals surface area contributed by atoms with E-state index in [2.05, 4.69) is 38.1 Å². The smallest absolute Gasteiger partial charge is 0.233 e. The summed E-state index contributed by atoms with van der Waals surface area (Å²) in [6.45, 7) is 5.15. The molecule has 100 valence electrons. The quantitative estimate of drug-likeness (QED) is 0.922. The standard InChI is InChI=1S/C13H20BrN3O/c1-3-15-12-11(14)13(17-8-16-12)18-10-6-4-5-9(2)7-10/h8-10H,3-7H2,1-2H3,(H,15,16,17). The number of hydrogen-bond donors (Lipinski definition) is 1. The topological polar surface area (TPSA) is 47.0 Å². The maximum Gasteiger partial charge on any atom is 0.233 e. The normalized spacial score (nSPS) is 23.7. The fourth-order valence-corrected chi connectivity index (χ4v) is 2.81. The third-order valence-corrected chi connectivity index (χ3v) is 3.98. The van der Waals surface area contributed by atoms with Gasteiger partial charge in [-0.05, 0) is 48.0 Å². The second-order valence-electron chi connectivity index (χ2n) is 4.88. The second kappa shape index (κ2) is 6.36. The minimum Gasteiger partial charge on any atom is -0.473 e. The molecule has 0 aliphatic heterocycles. The SMILES string of the molecule is CCNc1ncnc(OC2CCCC(C)C2)c1Br. The average Bonchev–Trinajstić information content (AvgIpc) is 2.35. The number of hydrogen-bond acceptors (Lipinski definition) is 4. The number of nitrogens with zero attached hydrogens (tertiary/aromatic N) is 2. The Bertz CT molecular complexity index is 400. The first-order valence-corrected chi connectivity index (χ1v) is 7.41. The van der Waals surface area contributed by atoms with Crippen LogP contribution in [0.15, 0.2) is 10.8 Å². The van der Waals surface area contributed by atoms with Crippen LogP contribution < -0.4 is 10.1 Å². The molecule has 5 heteroatoms. The van der Waals surface area contributed by atoms with Gasteiger partial charge in [-0.25, -0.2) is 9.97 Å². The van der Waals surface area contributed by atoms with E-state index in [1.807, 2.05) is 6.92 Å². The third-order valence-electron chi connectivity index (χ3n) is 3.27. The van der Waals surface area contributed by atoms with Crippen LogP contribution in [0.2, 0.25) is 0 Å². The van der Waals surface area contributed by atoms with Crippen molar-refractivity contribution in [3.63, 3.8) is 0 Å². The van der Waals surface area contributed by atoms with Crippen LogP contribution in [-0.4, -0.2) is 22.6 Å². The summed E-state index contributed by atoms with van der Waals surface area (Å²) in [5, 5.41) is 3.18. The minimum absolute atomic E-state index is 0.287. The Morgan fingerprint density at radius 3 is 3.00 bits per heavy atom. The number of anilines is 1. The summed E-state index contributed by atoms with van der Waals surface area (Å²) < 4.78 is 6.83. The summed E-state index contributed by atoms with van der Waals surface area (Å²) in [6, 6.07) is 0. The zero-order valence-corrected chi connectivity index (χ0v) is 12.5. The van der Waals surface area contributed by atoms with Crippen molar-refractivity contribution in [2.45, 2.75) is 45.6 Å². The molecule has 1 saturated carbocycles. The van der Waals surface area contributed by atoms with Crippen LogP contribution >= 0.6 is 15.9 Å². The van der Waals surface area contributed by atoms with Gasteiger partial charge >= 0.3 is 0 Å². The first-order valence-electron chi connectivity index (χ1n) is 6.61. The van der Waals surface area contributed by atoms with E-state index in [0.717, 1.165) is 35.6 Å². The van der Waals surface area contributed by atoms with Crippen molar-refractivity contribution in [3.05, 3.63) is 10.8 Å². The van der Waals surface area contributed by atoms with Gasteiger partial charge in [0.15, 0.2) is 0 Å². The number of halogens is 1. The molecule has 2 unspecified atom stereocenters. The highest BCUT2D eigenvalue weighted by Gasteiger charge is 2.22. The molecule has 18 heavy (non-hydrogen) atoms. The third kappa shape index (κ3) is 3.34. The Kier molecular flexibility index (Phi) is 4.80. The van der Waals surface area contributed by atoms with Crippen molar-refractivity contribution >= 4 is 21.7 Å². The molecule has 1 heterocycles. The van der Waals surface area contributed by atoms with Gasteiger partial charge in [-0.2, -0.15) is 0 Å². The molecular formula is C13H20BrN3O. The van der Waals surface area contributed by atoms with Gasteiger partial charge in [-0.15, -0.1) is 0 Å². The highest BCUT2D eigenvalue weighted by molar-refractivity contribution is 9.10. The Hall–Kier alpha value is -0.840. The summed E-state index contributed by atoms with van der Waals surface area (Å²) >= 11 is 3.51. The van der Waals surface area contributed by atoms with Crippen LogP contribution in [0.1, 0.15) is 39.5 Å². The van der Waals surface area contributed by atoms with E-state index < -0.39 is 0 Å². The largest absolute Gasteiger partial charge is 0.473 e.